The maximum atomic E-state index is 12.7. The Labute approximate surface area is 116 Å². The lowest BCUT2D eigenvalue weighted by molar-refractivity contribution is -0.0435. The molecule has 112 valence electrons. The Balaban J connectivity index is 2.36. The first kappa shape index (κ1) is 15.2. The van der Waals surface area contributed by atoms with Crippen molar-refractivity contribution in [2.24, 2.45) is 5.92 Å². The van der Waals surface area contributed by atoms with Gasteiger partial charge in [0.05, 0.1) is 10.6 Å². The molecule has 1 aliphatic carbocycles. The van der Waals surface area contributed by atoms with Crippen molar-refractivity contribution in [1.29, 1.82) is 0 Å². The fourth-order valence-electron chi connectivity index (χ4n) is 2.50. The summed E-state index contributed by atoms with van der Waals surface area (Å²) >= 11 is 0. The van der Waals surface area contributed by atoms with E-state index in [9.17, 15) is 21.6 Å². The SMILES string of the molecule is CC1CCCC1Nc1ccccc1S(=O)(=O)C(F)(F)F. The summed E-state index contributed by atoms with van der Waals surface area (Å²) in [5.74, 6) is 0.316. The summed E-state index contributed by atoms with van der Waals surface area (Å²) < 4.78 is 61.2. The van der Waals surface area contributed by atoms with E-state index in [1.807, 2.05) is 6.92 Å². The van der Waals surface area contributed by atoms with Gasteiger partial charge in [0.1, 0.15) is 0 Å². The van der Waals surface area contributed by atoms with Crippen LogP contribution in [0.5, 0.6) is 0 Å². The van der Waals surface area contributed by atoms with Gasteiger partial charge in [-0.3, -0.25) is 0 Å². The zero-order valence-electron chi connectivity index (χ0n) is 10.9. The molecule has 2 unspecified atom stereocenters. The van der Waals surface area contributed by atoms with Crippen molar-refractivity contribution in [3.05, 3.63) is 24.3 Å². The van der Waals surface area contributed by atoms with Crippen LogP contribution < -0.4 is 5.32 Å². The second-order valence-corrected chi connectivity index (χ2v) is 7.01. The van der Waals surface area contributed by atoms with Crippen molar-refractivity contribution < 1.29 is 21.6 Å². The van der Waals surface area contributed by atoms with Crippen LogP contribution in [0.1, 0.15) is 26.2 Å². The van der Waals surface area contributed by atoms with Crippen LogP contribution in [0.25, 0.3) is 0 Å². The molecule has 1 N–H and O–H groups in total. The molecule has 20 heavy (non-hydrogen) atoms. The first-order valence-corrected chi connectivity index (χ1v) is 7.88. The minimum atomic E-state index is -5.33. The van der Waals surface area contributed by atoms with Gasteiger partial charge in [-0.25, -0.2) is 8.42 Å². The Morgan fingerprint density at radius 2 is 1.85 bits per heavy atom. The molecule has 2 rings (SSSR count). The molecule has 1 aromatic carbocycles. The Kier molecular flexibility index (Phi) is 4.00. The van der Waals surface area contributed by atoms with E-state index in [-0.39, 0.29) is 11.7 Å². The predicted octanol–water partition coefficient (Wildman–Crippen LogP) is 3.58. The van der Waals surface area contributed by atoms with Gasteiger partial charge >= 0.3 is 5.51 Å². The Morgan fingerprint density at radius 3 is 2.40 bits per heavy atom. The summed E-state index contributed by atoms with van der Waals surface area (Å²) in [6.07, 6.45) is 2.82. The highest BCUT2D eigenvalue weighted by Crippen LogP contribution is 2.36. The molecule has 1 aromatic rings. The molecule has 0 bridgehead atoms. The number of rotatable bonds is 3. The normalized spacial score (nSPS) is 23.8. The second-order valence-electron chi connectivity index (χ2n) is 5.10. The molecule has 2 atom stereocenters. The number of benzene rings is 1. The third-order valence-electron chi connectivity index (χ3n) is 3.68. The topological polar surface area (TPSA) is 46.2 Å². The predicted molar refractivity (Wildman–Crippen MR) is 70.1 cm³/mol. The lowest BCUT2D eigenvalue weighted by Gasteiger charge is -2.21. The number of hydrogen-bond acceptors (Lipinski definition) is 3. The van der Waals surface area contributed by atoms with Crippen molar-refractivity contribution in [1.82, 2.24) is 0 Å². The smallest absolute Gasteiger partial charge is 0.381 e. The number of anilines is 1. The van der Waals surface area contributed by atoms with Crippen molar-refractivity contribution in [2.45, 2.75) is 42.6 Å². The molecule has 0 spiro atoms. The molecule has 0 radical (unpaired) electrons. The third-order valence-corrected chi connectivity index (χ3v) is 5.23. The highest BCUT2D eigenvalue weighted by atomic mass is 32.2. The van der Waals surface area contributed by atoms with Gasteiger partial charge < -0.3 is 5.32 Å². The van der Waals surface area contributed by atoms with Gasteiger partial charge in [0.25, 0.3) is 9.84 Å². The summed E-state index contributed by atoms with van der Waals surface area (Å²) in [6, 6.07) is 5.20. The van der Waals surface area contributed by atoms with Gasteiger partial charge in [-0.2, -0.15) is 13.2 Å². The molecule has 3 nitrogen and oxygen atoms in total. The Bertz CT molecular complexity index is 584. The fourth-order valence-corrected chi connectivity index (χ4v) is 3.43. The average Bonchev–Trinajstić information content (AvgIpc) is 2.74. The van der Waals surface area contributed by atoms with Gasteiger partial charge in [-0.05, 0) is 30.9 Å². The van der Waals surface area contributed by atoms with Gasteiger partial charge in [0.2, 0.25) is 0 Å². The third kappa shape index (κ3) is 2.77. The largest absolute Gasteiger partial charge is 0.501 e. The lowest BCUT2D eigenvalue weighted by Crippen LogP contribution is -2.27. The van der Waals surface area contributed by atoms with E-state index >= 15 is 0 Å². The van der Waals surface area contributed by atoms with E-state index < -0.39 is 20.2 Å². The molecular formula is C13H16F3NO2S. The minimum absolute atomic E-state index is 0.0135. The van der Waals surface area contributed by atoms with Crippen molar-refractivity contribution >= 4 is 15.5 Å². The summed E-state index contributed by atoms with van der Waals surface area (Å²) in [6.45, 7) is 2.01. The van der Waals surface area contributed by atoms with Crippen LogP contribution >= 0.6 is 0 Å². The van der Waals surface area contributed by atoms with Crippen molar-refractivity contribution in [3.63, 3.8) is 0 Å². The van der Waals surface area contributed by atoms with Crippen molar-refractivity contribution in [3.8, 4) is 0 Å². The highest BCUT2D eigenvalue weighted by Gasteiger charge is 2.48. The molecule has 7 heteroatoms. The number of nitrogens with one attached hydrogen (secondary N) is 1. The lowest BCUT2D eigenvalue weighted by atomic mass is 10.1. The van der Waals surface area contributed by atoms with Crippen LogP contribution in [0.2, 0.25) is 0 Å². The average molecular weight is 307 g/mol. The minimum Gasteiger partial charge on any atom is -0.381 e. The van der Waals surface area contributed by atoms with E-state index in [1.165, 1.54) is 18.2 Å². The molecule has 1 fully saturated rings. The van der Waals surface area contributed by atoms with Crippen molar-refractivity contribution in [2.75, 3.05) is 5.32 Å². The zero-order chi connectivity index (χ0) is 15.0. The highest BCUT2D eigenvalue weighted by molar-refractivity contribution is 7.92. The molecular weight excluding hydrogens is 291 g/mol. The van der Waals surface area contributed by atoms with Crippen LogP contribution in [0, 0.1) is 5.92 Å². The molecule has 1 aliphatic rings. The summed E-state index contributed by atoms with van der Waals surface area (Å²) in [5, 5.41) is 2.96. The number of halogens is 3. The number of hydrogen-bond donors (Lipinski definition) is 1. The van der Waals surface area contributed by atoms with E-state index in [4.69, 9.17) is 0 Å². The van der Waals surface area contributed by atoms with Crippen LogP contribution in [0.4, 0.5) is 18.9 Å². The van der Waals surface area contributed by atoms with E-state index in [0.717, 1.165) is 25.3 Å². The standard InChI is InChI=1S/C13H16F3NO2S/c1-9-5-4-7-10(9)17-11-6-2-3-8-12(11)20(18,19)13(14,15)16/h2-3,6,8-10,17H,4-5,7H2,1H3. The summed E-state index contributed by atoms with van der Waals surface area (Å²) in [5.41, 5.74) is -5.25. The zero-order valence-corrected chi connectivity index (χ0v) is 11.8. The van der Waals surface area contributed by atoms with Crippen LogP contribution in [0.3, 0.4) is 0 Å². The second kappa shape index (κ2) is 5.27. The molecule has 1 saturated carbocycles. The van der Waals surface area contributed by atoms with Gasteiger partial charge in [0, 0.05) is 6.04 Å². The molecule has 0 aliphatic heterocycles. The van der Waals surface area contributed by atoms with Gasteiger partial charge in [-0.15, -0.1) is 0 Å². The summed E-state index contributed by atoms with van der Waals surface area (Å²) in [7, 11) is -5.33. The molecule has 0 amide bonds. The van der Waals surface area contributed by atoms with Gasteiger partial charge in [0.15, 0.2) is 0 Å². The van der Waals surface area contributed by atoms with Crippen LogP contribution in [-0.4, -0.2) is 20.0 Å². The van der Waals surface area contributed by atoms with E-state index in [0.29, 0.717) is 5.92 Å². The maximum Gasteiger partial charge on any atom is 0.501 e. The quantitative estimate of drug-likeness (QED) is 0.928. The van der Waals surface area contributed by atoms with Gasteiger partial charge in [-0.1, -0.05) is 25.5 Å². The van der Waals surface area contributed by atoms with Crippen LogP contribution in [-0.2, 0) is 9.84 Å². The number of alkyl halides is 3. The Morgan fingerprint density at radius 1 is 1.20 bits per heavy atom. The first-order chi connectivity index (χ1) is 9.23. The summed E-state index contributed by atoms with van der Waals surface area (Å²) in [4.78, 5) is -0.702. The van der Waals surface area contributed by atoms with E-state index in [2.05, 4.69) is 5.32 Å². The first-order valence-electron chi connectivity index (χ1n) is 6.40. The Hall–Kier alpha value is -1.24. The maximum absolute atomic E-state index is 12.7. The van der Waals surface area contributed by atoms with E-state index in [1.54, 1.807) is 0 Å². The molecule has 0 aromatic heterocycles. The van der Waals surface area contributed by atoms with Crippen LogP contribution in [0.15, 0.2) is 29.2 Å². The number of sulfone groups is 1. The molecule has 0 saturated heterocycles. The fraction of sp³-hybridized carbons (Fsp3) is 0.538. The monoisotopic (exact) mass is 307 g/mol. The number of para-hydroxylation sites is 1. The molecule has 0 heterocycles.